The van der Waals surface area contributed by atoms with Gasteiger partial charge in [-0.25, -0.2) is 15.0 Å². The summed E-state index contributed by atoms with van der Waals surface area (Å²) in [6, 6.07) is 0. The molecular weight excluding hydrogens is 282 g/mol. The minimum absolute atomic E-state index is 0.262. The van der Waals surface area contributed by atoms with Crippen LogP contribution in [0.2, 0.25) is 0 Å². The fourth-order valence-electron chi connectivity index (χ4n) is 2.15. The van der Waals surface area contributed by atoms with E-state index in [4.69, 9.17) is 0 Å². The van der Waals surface area contributed by atoms with Gasteiger partial charge in [0, 0.05) is 30.6 Å². The zero-order valence-electron chi connectivity index (χ0n) is 13.3. The highest BCUT2D eigenvalue weighted by Gasteiger charge is 2.25. The van der Waals surface area contributed by atoms with Gasteiger partial charge >= 0.3 is 0 Å². The van der Waals surface area contributed by atoms with Crippen molar-refractivity contribution in [2.24, 2.45) is 0 Å². The average Bonchev–Trinajstić information content (AvgIpc) is 2.97. The number of nitrogens with one attached hydrogen (secondary N) is 2. The molecule has 0 aromatic carbocycles. The van der Waals surface area contributed by atoms with Crippen molar-refractivity contribution in [3.05, 3.63) is 28.0 Å². The van der Waals surface area contributed by atoms with Gasteiger partial charge in [-0.2, -0.15) is 0 Å². The third-order valence-corrected chi connectivity index (χ3v) is 4.40. The second kappa shape index (κ2) is 6.39. The number of rotatable bonds is 6. The summed E-state index contributed by atoms with van der Waals surface area (Å²) in [5, 5.41) is 9.71. The van der Waals surface area contributed by atoms with Crippen LogP contribution in [0.3, 0.4) is 0 Å². The summed E-state index contributed by atoms with van der Waals surface area (Å²) in [6.45, 7) is 8.40. The van der Waals surface area contributed by atoms with Crippen molar-refractivity contribution in [2.75, 3.05) is 17.7 Å². The number of nitrogens with zero attached hydrogens (tertiary/aromatic N) is 3. The van der Waals surface area contributed by atoms with Crippen LogP contribution in [0, 0.1) is 6.92 Å². The zero-order valence-corrected chi connectivity index (χ0v) is 14.1. The number of hydrogen-bond acceptors (Lipinski definition) is 6. The van der Waals surface area contributed by atoms with Crippen LogP contribution in [0.25, 0.3) is 0 Å². The van der Waals surface area contributed by atoms with Crippen molar-refractivity contribution in [1.29, 1.82) is 0 Å². The Labute approximate surface area is 130 Å². The molecule has 0 aliphatic heterocycles. The molecule has 0 amide bonds. The Kier molecular flexibility index (Phi) is 4.77. The molecule has 0 unspecified atom stereocenters. The average molecular weight is 305 g/mol. The maximum atomic E-state index is 4.68. The molecule has 6 heteroatoms. The molecule has 0 aliphatic rings. The number of aromatic nitrogens is 3. The second-order valence-corrected chi connectivity index (χ2v) is 6.44. The van der Waals surface area contributed by atoms with Gasteiger partial charge in [-0.3, -0.25) is 0 Å². The SMILES string of the molecule is CCCc1nc(NC)c(C)c(NC(C)(C)c2nccs2)n1. The van der Waals surface area contributed by atoms with Crippen molar-refractivity contribution >= 4 is 23.0 Å². The number of thiazole rings is 1. The summed E-state index contributed by atoms with van der Waals surface area (Å²) in [7, 11) is 1.89. The molecule has 114 valence electrons. The molecule has 2 N–H and O–H groups in total. The molecule has 0 spiro atoms. The quantitative estimate of drug-likeness (QED) is 0.854. The lowest BCUT2D eigenvalue weighted by Gasteiger charge is -2.26. The lowest BCUT2D eigenvalue weighted by Crippen LogP contribution is -2.29. The molecule has 0 fully saturated rings. The Balaban J connectivity index is 2.36. The van der Waals surface area contributed by atoms with E-state index in [1.54, 1.807) is 11.3 Å². The lowest BCUT2D eigenvalue weighted by molar-refractivity contribution is 0.598. The van der Waals surface area contributed by atoms with E-state index in [-0.39, 0.29) is 5.54 Å². The Bertz CT molecular complexity index is 592. The zero-order chi connectivity index (χ0) is 15.5. The predicted octanol–water partition coefficient (Wildman–Crippen LogP) is 3.58. The van der Waals surface area contributed by atoms with Crippen LogP contribution < -0.4 is 10.6 Å². The largest absolute Gasteiger partial charge is 0.373 e. The van der Waals surface area contributed by atoms with Gasteiger partial charge in [0.05, 0.1) is 5.54 Å². The van der Waals surface area contributed by atoms with Gasteiger partial charge in [-0.1, -0.05) is 6.92 Å². The Morgan fingerprint density at radius 3 is 2.52 bits per heavy atom. The first-order chi connectivity index (χ1) is 9.97. The lowest BCUT2D eigenvalue weighted by atomic mass is 10.1. The van der Waals surface area contributed by atoms with Crippen LogP contribution in [-0.2, 0) is 12.0 Å². The van der Waals surface area contributed by atoms with E-state index >= 15 is 0 Å². The first-order valence-corrected chi connectivity index (χ1v) is 8.09. The molecule has 2 aromatic rings. The fraction of sp³-hybridized carbons (Fsp3) is 0.533. The first-order valence-electron chi connectivity index (χ1n) is 7.21. The van der Waals surface area contributed by atoms with Crippen molar-refractivity contribution in [1.82, 2.24) is 15.0 Å². The predicted molar refractivity (Wildman–Crippen MR) is 89.1 cm³/mol. The molecule has 0 saturated carbocycles. The van der Waals surface area contributed by atoms with Gasteiger partial charge in [-0.15, -0.1) is 11.3 Å². The van der Waals surface area contributed by atoms with Gasteiger partial charge < -0.3 is 10.6 Å². The summed E-state index contributed by atoms with van der Waals surface area (Å²) in [5.74, 6) is 2.62. The summed E-state index contributed by atoms with van der Waals surface area (Å²) in [6.07, 6.45) is 3.74. The second-order valence-electron chi connectivity index (χ2n) is 5.55. The van der Waals surface area contributed by atoms with E-state index in [1.807, 2.05) is 25.5 Å². The molecule has 0 saturated heterocycles. The van der Waals surface area contributed by atoms with E-state index in [0.717, 1.165) is 40.9 Å². The van der Waals surface area contributed by atoms with Crippen LogP contribution in [0.1, 0.15) is 43.6 Å². The first kappa shape index (κ1) is 15.7. The molecule has 21 heavy (non-hydrogen) atoms. The van der Waals surface area contributed by atoms with E-state index < -0.39 is 0 Å². The van der Waals surface area contributed by atoms with E-state index in [0.29, 0.717) is 0 Å². The maximum Gasteiger partial charge on any atom is 0.135 e. The third-order valence-electron chi connectivity index (χ3n) is 3.30. The van der Waals surface area contributed by atoms with Gasteiger partial charge in [0.1, 0.15) is 22.5 Å². The molecular formula is C15H23N5S. The molecule has 0 radical (unpaired) electrons. The smallest absolute Gasteiger partial charge is 0.135 e. The molecule has 5 nitrogen and oxygen atoms in total. The Hall–Kier alpha value is -1.69. The summed E-state index contributed by atoms with van der Waals surface area (Å²) >= 11 is 1.65. The normalized spacial score (nSPS) is 11.5. The molecule has 2 heterocycles. The third kappa shape index (κ3) is 3.50. The molecule has 0 aliphatic carbocycles. The van der Waals surface area contributed by atoms with E-state index in [1.165, 1.54) is 0 Å². The monoisotopic (exact) mass is 305 g/mol. The minimum Gasteiger partial charge on any atom is -0.373 e. The van der Waals surface area contributed by atoms with Gasteiger partial charge in [0.15, 0.2) is 0 Å². The van der Waals surface area contributed by atoms with Crippen molar-refractivity contribution in [3.63, 3.8) is 0 Å². The number of aryl methyl sites for hydroxylation is 1. The van der Waals surface area contributed by atoms with Crippen molar-refractivity contribution < 1.29 is 0 Å². The fourth-order valence-corrected chi connectivity index (χ4v) is 2.86. The Morgan fingerprint density at radius 1 is 1.24 bits per heavy atom. The van der Waals surface area contributed by atoms with Crippen molar-refractivity contribution in [2.45, 2.75) is 46.1 Å². The van der Waals surface area contributed by atoms with Gasteiger partial charge in [0.2, 0.25) is 0 Å². The topological polar surface area (TPSA) is 62.7 Å². The summed E-state index contributed by atoms with van der Waals surface area (Å²) in [5.41, 5.74) is 0.767. The van der Waals surface area contributed by atoms with Crippen LogP contribution in [0.4, 0.5) is 11.6 Å². The molecule has 2 rings (SSSR count). The number of hydrogen-bond donors (Lipinski definition) is 2. The van der Waals surface area contributed by atoms with Crippen molar-refractivity contribution in [3.8, 4) is 0 Å². The van der Waals surface area contributed by atoms with Crippen LogP contribution >= 0.6 is 11.3 Å². The highest BCUT2D eigenvalue weighted by molar-refractivity contribution is 7.09. The molecule has 2 aromatic heterocycles. The van der Waals surface area contributed by atoms with Gasteiger partial charge in [-0.05, 0) is 27.2 Å². The molecule has 0 atom stereocenters. The summed E-state index contributed by atoms with van der Waals surface area (Å²) < 4.78 is 0. The maximum absolute atomic E-state index is 4.68. The van der Waals surface area contributed by atoms with Crippen LogP contribution in [0.5, 0.6) is 0 Å². The highest BCUT2D eigenvalue weighted by Crippen LogP contribution is 2.29. The van der Waals surface area contributed by atoms with E-state index in [9.17, 15) is 0 Å². The standard InChI is InChI=1S/C15H23N5S/c1-6-7-11-18-12(16-5)10(2)13(19-11)20-15(3,4)14-17-8-9-21-14/h8-9H,6-7H2,1-5H3,(H2,16,18,19,20). The molecule has 0 bridgehead atoms. The van der Waals surface area contributed by atoms with E-state index in [2.05, 4.69) is 46.4 Å². The highest BCUT2D eigenvalue weighted by atomic mass is 32.1. The Morgan fingerprint density at radius 2 is 1.95 bits per heavy atom. The van der Waals surface area contributed by atoms with Crippen LogP contribution in [-0.4, -0.2) is 22.0 Å². The minimum atomic E-state index is -0.262. The summed E-state index contributed by atoms with van der Waals surface area (Å²) in [4.78, 5) is 13.7. The van der Waals surface area contributed by atoms with Gasteiger partial charge in [0.25, 0.3) is 0 Å². The van der Waals surface area contributed by atoms with Crippen LogP contribution in [0.15, 0.2) is 11.6 Å². The number of anilines is 2.